The molecular weight excluding hydrogens is 272 g/mol. The lowest BCUT2D eigenvalue weighted by Crippen LogP contribution is -2.29. The molecule has 0 spiro atoms. The Kier molecular flexibility index (Phi) is 7.36. The lowest BCUT2D eigenvalue weighted by atomic mass is 10.2. The van der Waals surface area contributed by atoms with Crippen molar-refractivity contribution < 1.29 is 19.1 Å². The van der Waals surface area contributed by atoms with E-state index in [1.54, 1.807) is 18.2 Å². The Labute approximate surface area is 123 Å². The van der Waals surface area contributed by atoms with Crippen LogP contribution in [0.1, 0.15) is 30.1 Å². The highest BCUT2D eigenvalue weighted by atomic mass is 16.5. The highest BCUT2D eigenvalue weighted by Crippen LogP contribution is 2.23. The molecule has 0 aliphatic carbocycles. The molecule has 0 heterocycles. The third kappa shape index (κ3) is 5.95. The van der Waals surface area contributed by atoms with Crippen molar-refractivity contribution in [3.05, 3.63) is 23.8 Å². The number of carbonyl (C=O) groups is 2. The van der Waals surface area contributed by atoms with Gasteiger partial charge in [-0.15, -0.1) is 0 Å². The zero-order chi connectivity index (χ0) is 15.5. The first-order valence-electron chi connectivity index (χ1n) is 6.69. The van der Waals surface area contributed by atoms with Crippen LogP contribution in [-0.2, 0) is 4.79 Å². The fraction of sp³-hybridized carbons (Fsp3) is 0.400. The smallest absolute Gasteiger partial charge is 0.257 e. The van der Waals surface area contributed by atoms with Crippen LogP contribution in [0.2, 0.25) is 0 Å². The van der Waals surface area contributed by atoms with Crippen LogP contribution >= 0.6 is 0 Å². The first-order chi connectivity index (χ1) is 10.2. The number of ether oxygens (including phenoxy) is 2. The zero-order valence-electron chi connectivity index (χ0n) is 11.9. The molecule has 0 atom stereocenters. The molecule has 21 heavy (non-hydrogen) atoms. The third-order valence-electron chi connectivity index (χ3n) is 2.50. The molecule has 1 aromatic rings. The molecule has 0 aromatic heterocycles. The maximum atomic E-state index is 11.5. The molecule has 1 rings (SSSR count). The second kappa shape index (κ2) is 9.37. The first-order valence-corrected chi connectivity index (χ1v) is 6.69. The quantitative estimate of drug-likeness (QED) is 0.552. The number of hydrogen-bond donors (Lipinski definition) is 1. The molecular formula is C15H18N2O4. The van der Waals surface area contributed by atoms with Crippen molar-refractivity contribution >= 4 is 12.2 Å². The Hall–Kier alpha value is -2.55. The second-order valence-corrected chi connectivity index (χ2v) is 4.21. The minimum Gasteiger partial charge on any atom is -0.493 e. The predicted octanol–water partition coefficient (Wildman–Crippen LogP) is 1.70. The zero-order valence-corrected chi connectivity index (χ0v) is 11.9. The summed E-state index contributed by atoms with van der Waals surface area (Å²) < 4.78 is 10.8. The normalized spacial score (nSPS) is 9.52. The summed E-state index contributed by atoms with van der Waals surface area (Å²) >= 11 is 0. The van der Waals surface area contributed by atoms with E-state index in [0.717, 1.165) is 6.42 Å². The van der Waals surface area contributed by atoms with E-state index in [0.29, 0.717) is 30.0 Å². The van der Waals surface area contributed by atoms with E-state index in [2.05, 4.69) is 5.32 Å². The van der Waals surface area contributed by atoms with Gasteiger partial charge in [0.05, 0.1) is 24.7 Å². The molecule has 0 fully saturated rings. The molecule has 6 heteroatoms. The number of carbonyl (C=O) groups excluding carboxylic acids is 2. The van der Waals surface area contributed by atoms with E-state index in [4.69, 9.17) is 14.7 Å². The van der Waals surface area contributed by atoms with Gasteiger partial charge in [-0.3, -0.25) is 9.59 Å². The van der Waals surface area contributed by atoms with Crippen molar-refractivity contribution in [2.75, 3.05) is 19.8 Å². The van der Waals surface area contributed by atoms with E-state index < -0.39 is 0 Å². The Balaban J connectivity index is 2.61. The summed E-state index contributed by atoms with van der Waals surface area (Å²) in [7, 11) is 0. The van der Waals surface area contributed by atoms with Gasteiger partial charge >= 0.3 is 0 Å². The summed E-state index contributed by atoms with van der Waals surface area (Å²) in [5, 5.41) is 10.9. The van der Waals surface area contributed by atoms with Gasteiger partial charge in [-0.1, -0.05) is 6.92 Å². The van der Waals surface area contributed by atoms with Crippen LogP contribution in [0.4, 0.5) is 0 Å². The molecule has 0 unspecified atom stereocenters. The summed E-state index contributed by atoms with van der Waals surface area (Å²) in [4.78, 5) is 22.4. The number of amides is 1. The number of rotatable bonds is 9. The van der Waals surface area contributed by atoms with Gasteiger partial charge in [-0.05, 0) is 18.6 Å². The molecule has 1 aromatic carbocycles. The molecule has 1 amide bonds. The minimum atomic E-state index is -0.345. The van der Waals surface area contributed by atoms with Crippen LogP contribution in [0.3, 0.4) is 0 Å². The van der Waals surface area contributed by atoms with Crippen molar-refractivity contribution in [1.82, 2.24) is 5.32 Å². The van der Waals surface area contributed by atoms with Gasteiger partial charge in [0.25, 0.3) is 5.91 Å². The van der Waals surface area contributed by atoms with Crippen LogP contribution in [-0.4, -0.2) is 32.0 Å². The van der Waals surface area contributed by atoms with Gasteiger partial charge in [-0.2, -0.15) is 5.26 Å². The van der Waals surface area contributed by atoms with Crippen LogP contribution in [0.5, 0.6) is 11.5 Å². The van der Waals surface area contributed by atoms with Gasteiger partial charge in [-0.25, -0.2) is 0 Å². The van der Waals surface area contributed by atoms with E-state index >= 15 is 0 Å². The molecule has 0 aliphatic heterocycles. The Bertz CT molecular complexity index is 523. The van der Waals surface area contributed by atoms with Gasteiger partial charge in [0, 0.05) is 12.6 Å². The SMILES string of the molecule is CCCOc1ccc(C=O)c(OCC(=O)NCCC#N)c1. The summed E-state index contributed by atoms with van der Waals surface area (Å²) in [5.41, 5.74) is 0.351. The minimum absolute atomic E-state index is 0.219. The molecule has 0 saturated carbocycles. The maximum Gasteiger partial charge on any atom is 0.257 e. The van der Waals surface area contributed by atoms with E-state index in [1.165, 1.54) is 0 Å². The summed E-state index contributed by atoms with van der Waals surface area (Å²) in [6.07, 6.45) is 1.77. The number of nitriles is 1. The molecule has 0 aliphatic rings. The molecule has 1 N–H and O–H groups in total. The summed E-state index contributed by atoms with van der Waals surface area (Å²) in [6.45, 7) is 2.61. The fourth-order valence-corrected chi connectivity index (χ4v) is 1.50. The number of nitrogens with zero attached hydrogens (tertiary/aromatic N) is 1. The lowest BCUT2D eigenvalue weighted by Gasteiger charge is -2.11. The van der Waals surface area contributed by atoms with E-state index in [-0.39, 0.29) is 25.5 Å². The lowest BCUT2D eigenvalue weighted by molar-refractivity contribution is -0.123. The van der Waals surface area contributed by atoms with Crippen LogP contribution in [0.25, 0.3) is 0 Å². The number of nitrogens with one attached hydrogen (secondary N) is 1. The van der Waals surface area contributed by atoms with Crippen LogP contribution < -0.4 is 14.8 Å². The van der Waals surface area contributed by atoms with Crippen molar-refractivity contribution in [1.29, 1.82) is 5.26 Å². The molecule has 0 saturated heterocycles. The van der Waals surface area contributed by atoms with Crippen molar-refractivity contribution in [2.24, 2.45) is 0 Å². The standard InChI is InChI=1S/C15H18N2O4/c1-2-8-20-13-5-4-12(10-18)14(9-13)21-11-15(19)17-7-3-6-16/h4-5,9-10H,2-3,7-8,11H2,1H3,(H,17,19). The highest BCUT2D eigenvalue weighted by molar-refractivity contribution is 5.81. The Morgan fingerprint density at radius 3 is 2.90 bits per heavy atom. The fourth-order valence-electron chi connectivity index (χ4n) is 1.50. The van der Waals surface area contributed by atoms with Crippen LogP contribution in [0.15, 0.2) is 18.2 Å². The van der Waals surface area contributed by atoms with Crippen LogP contribution in [0, 0.1) is 11.3 Å². The molecule has 0 radical (unpaired) electrons. The molecule has 0 bridgehead atoms. The van der Waals surface area contributed by atoms with Gasteiger partial charge in [0.1, 0.15) is 11.5 Å². The maximum absolute atomic E-state index is 11.5. The third-order valence-corrected chi connectivity index (χ3v) is 2.50. The average molecular weight is 290 g/mol. The highest BCUT2D eigenvalue weighted by Gasteiger charge is 2.08. The first kappa shape index (κ1) is 16.5. The van der Waals surface area contributed by atoms with Crippen molar-refractivity contribution in [3.63, 3.8) is 0 Å². The average Bonchev–Trinajstić information content (AvgIpc) is 2.51. The van der Waals surface area contributed by atoms with E-state index in [1.807, 2.05) is 13.0 Å². The van der Waals surface area contributed by atoms with Gasteiger partial charge < -0.3 is 14.8 Å². The molecule has 6 nitrogen and oxygen atoms in total. The number of hydrogen-bond acceptors (Lipinski definition) is 5. The Morgan fingerprint density at radius 2 is 2.24 bits per heavy atom. The molecule has 112 valence electrons. The number of benzene rings is 1. The van der Waals surface area contributed by atoms with Crippen molar-refractivity contribution in [3.8, 4) is 17.6 Å². The monoisotopic (exact) mass is 290 g/mol. The van der Waals surface area contributed by atoms with E-state index in [9.17, 15) is 9.59 Å². The predicted molar refractivity (Wildman–Crippen MR) is 76.4 cm³/mol. The van der Waals surface area contributed by atoms with Gasteiger partial charge in [0.15, 0.2) is 12.9 Å². The summed E-state index contributed by atoms with van der Waals surface area (Å²) in [5.74, 6) is 0.540. The van der Waals surface area contributed by atoms with Crippen molar-refractivity contribution in [2.45, 2.75) is 19.8 Å². The largest absolute Gasteiger partial charge is 0.493 e. The summed E-state index contributed by atoms with van der Waals surface area (Å²) in [6, 6.07) is 6.77. The topological polar surface area (TPSA) is 88.4 Å². The Morgan fingerprint density at radius 1 is 1.43 bits per heavy atom. The number of aldehydes is 1. The van der Waals surface area contributed by atoms with Gasteiger partial charge in [0.2, 0.25) is 0 Å². The second-order valence-electron chi connectivity index (χ2n) is 4.21.